The van der Waals surface area contributed by atoms with Crippen LogP contribution in [0.1, 0.15) is 33.1 Å². The van der Waals surface area contributed by atoms with E-state index in [4.69, 9.17) is 9.47 Å². The van der Waals surface area contributed by atoms with Crippen molar-refractivity contribution in [1.29, 1.82) is 0 Å². The molecule has 2 bridgehead atoms. The molecule has 3 aliphatic rings. The highest BCUT2D eigenvalue weighted by molar-refractivity contribution is 5.02. The number of fused-ring (bicyclic) bond motifs is 5. The second-order valence-corrected chi connectivity index (χ2v) is 4.90. The standard InChI is InChI=1S/C10H16O2/c1-10(2)11-8-6-3-4-7(5-6)9(8)12-10/h6-9H,3-5H2,1-2H3/t6-,7+,8+,9-. The van der Waals surface area contributed by atoms with Crippen LogP contribution >= 0.6 is 0 Å². The van der Waals surface area contributed by atoms with Crippen LogP contribution in [0.5, 0.6) is 0 Å². The van der Waals surface area contributed by atoms with Gasteiger partial charge in [0.2, 0.25) is 0 Å². The molecule has 3 fully saturated rings. The second kappa shape index (κ2) is 2.05. The molecule has 4 atom stereocenters. The van der Waals surface area contributed by atoms with Crippen LogP contribution in [0.15, 0.2) is 0 Å². The maximum Gasteiger partial charge on any atom is 0.163 e. The molecule has 0 radical (unpaired) electrons. The van der Waals surface area contributed by atoms with Crippen molar-refractivity contribution >= 4 is 0 Å². The van der Waals surface area contributed by atoms with Gasteiger partial charge in [-0.1, -0.05) is 0 Å². The molecule has 0 N–H and O–H groups in total. The van der Waals surface area contributed by atoms with Gasteiger partial charge in [-0.3, -0.25) is 0 Å². The minimum Gasteiger partial charge on any atom is -0.344 e. The molecule has 68 valence electrons. The Morgan fingerprint density at radius 3 is 2.00 bits per heavy atom. The molecule has 2 nitrogen and oxygen atoms in total. The van der Waals surface area contributed by atoms with Gasteiger partial charge in [-0.15, -0.1) is 0 Å². The molecule has 1 heterocycles. The van der Waals surface area contributed by atoms with Crippen molar-refractivity contribution in [3.05, 3.63) is 0 Å². The smallest absolute Gasteiger partial charge is 0.163 e. The fourth-order valence-electron chi connectivity index (χ4n) is 3.20. The molecule has 0 unspecified atom stereocenters. The van der Waals surface area contributed by atoms with Crippen molar-refractivity contribution in [3.63, 3.8) is 0 Å². The first kappa shape index (κ1) is 7.34. The molecule has 1 saturated heterocycles. The summed E-state index contributed by atoms with van der Waals surface area (Å²) in [5, 5.41) is 0. The lowest BCUT2D eigenvalue weighted by molar-refractivity contribution is -0.157. The van der Waals surface area contributed by atoms with E-state index >= 15 is 0 Å². The second-order valence-electron chi connectivity index (χ2n) is 4.90. The maximum atomic E-state index is 5.88. The van der Waals surface area contributed by atoms with E-state index in [-0.39, 0.29) is 5.79 Å². The van der Waals surface area contributed by atoms with E-state index in [0.717, 1.165) is 11.8 Å². The molecule has 0 aromatic carbocycles. The third kappa shape index (κ3) is 0.826. The van der Waals surface area contributed by atoms with Gasteiger partial charge < -0.3 is 9.47 Å². The molecule has 0 amide bonds. The highest BCUT2D eigenvalue weighted by atomic mass is 16.8. The monoisotopic (exact) mass is 168 g/mol. The van der Waals surface area contributed by atoms with Crippen LogP contribution in [-0.2, 0) is 9.47 Å². The summed E-state index contributed by atoms with van der Waals surface area (Å²) in [6.07, 6.45) is 4.94. The first-order valence-electron chi connectivity index (χ1n) is 5.01. The van der Waals surface area contributed by atoms with Crippen LogP contribution in [0.2, 0.25) is 0 Å². The largest absolute Gasteiger partial charge is 0.344 e. The Morgan fingerprint density at radius 1 is 1.00 bits per heavy atom. The van der Waals surface area contributed by atoms with Gasteiger partial charge in [0.05, 0.1) is 12.2 Å². The Bertz CT molecular complexity index is 192. The van der Waals surface area contributed by atoms with Gasteiger partial charge in [-0.2, -0.15) is 0 Å². The van der Waals surface area contributed by atoms with E-state index in [2.05, 4.69) is 0 Å². The van der Waals surface area contributed by atoms with Crippen molar-refractivity contribution in [2.45, 2.75) is 51.1 Å². The fourth-order valence-corrected chi connectivity index (χ4v) is 3.20. The SMILES string of the molecule is CC1(C)O[C@@H]2[C@H]3CC[C@H](C3)[C@@H]2O1. The van der Waals surface area contributed by atoms with Crippen molar-refractivity contribution in [2.24, 2.45) is 11.8 Å². The van der Waals surface area contributed by atoms with Crippen molar-refractivity contribution < 1.29 is 9.47 Å². The minimum atomic E-state index is -0.309. The van der Waals surface area contributed by atoms with Crippen LogP contribution < -0.4 is 0 Å². The Morgan fingerprint density at radius 2 is 1.50 bits per heavy atom. The third-order valence-electron chi connectivity index (χ3n) is 3.61. The first-order chi connectivity index (χ1) is 5.66. The van der Waals surface area contributed by atoms with E-state index in [9.17, 15) is 0 Å². The summed E-state index contributed by atoms with van der Waals surface area (Å²) in [6, 6.07) is 0. The number of ether oxygens (including phenoxy) is 2. The molecule has 2 heteroatoms. The van der Waals surface area contributed by atoms with Gasteiger partial charge in [0.1, 0.15) is 0 Å². The van der Waals surface area contributed by atoms with Crippen LogP contribution in [-0.4, -0.2) is 18.0 Å². The summed E-state index contributed by atoms with van der Waals surface area (Å²) >= 11 is 0. The highest BCUT2D eigenvalue weighted by Gasteiger charge is 2.56. The lowest BCUT2D eigenvalue weighted by Gasteiger charge is -2.20. The van der Waals surface area contributed by atoms with Gasteiger partial charge in [0, 0.05) is 0 Å². The summed E-state index contributed by atoms with van der Waals surface area (Å²) in [7, 11) is 0. The van der Waals surface area contributed by atoms with E-state index < -0.39 is 0 Å². The Balaban J connectivity index is 1.87. The van der Waals surface area contributed by atoms with Gasteiger partial charge in [-0.05, 0) is 44.9 Å². The predicted octanol–water partition coefficient (Wildman–Crippen LogP) is 1.94. The van der Waals surface area contributed by atoms with Crippen molar-refractivity contribution in [1.82, 2.24) is 0 Å². The van der Waals surface area contributed by atoms with Gasteiger partial charge in [0.25, 0.3) is 0 Å². The van der Waals surface area contributed by atoms with Crippen LogP contribution in [0.4, 0.5) is 0 Å². The molecule has 2 saturated carbocycles. The highest BCUT2D eigenvalue weighted by Crippen LogP contribution is 2.52. The van der Waals surface area contributed by atoms with E-state index in [1.807, 2.05) is 13.8 Å². The molecular formula is C10H16O2. The van der Waals surface area contributed by atoms with E-state index in [1.54, 1.807) is 0 Å². The normalized spacial score (nSPS) is 54.5. The fraction of sp³-hybridized carbons (Fsp3) is 1.00. The lowest BCUT2D eigenvalue weighted by atomic mass is 9.95. The minimum absolute atomic E-state index is 0.309. The third-order valence-corrected chi connectivity index (χ3v) is 3.61. The zero-order valence-electron chi connectivity index (χ0n) is 7.75. The van der Waals surface area contributed by atoms with E-state index in [0.29, 0.717) is 12.2 Å². The average molecular weight is 168 g/mol. The summed E-state index contributed by atoms with van der Waals surface area (Å²) in [4.78, 5) is 0. The van der Waals surface area contributed by atoms with Crippen LogP contribution in [0.25, 0.3) is 0 Å². The summed E-state index contributed by atoms with van der Waals surface area (Å²) in [6.45, 7) is 4.07. The van der Waals surface area contributed by atoms with Crippen molar-refractivity contribution in [2.75, 3.05) is 0 Å². The Labute approximate surface area is 73.2 Å². The lowest BCUT2D eigenvalue weighted by Crippen LogP contribution is -2.28. The predicted molar refractivity (Wildman–Crippen MR) is 44.7 cm³/mol. The topological polar surface area (TPSA) is 18.5 Å². The zero-order valence-corrected chi connectivity index (χ0v) is 7.75. The molecule has 12 heavy (non-hydrogen) atoms. The van der Waals surface area contributed by atoms with Crippen LogP contribution in [0.3, 0.4) is 0 Å². The Hall–Kier alpha value is -0.0800. The summed E-state index contributed by atoms with van der Waals surface area (Å²) < 4.78 is 11.8. The summed E-state index contributed by atoms with van der Waals surface area (Å²) in [5.41, 5.74) is 0. The zero-order chi connectivity index (χ0) is 8.34. The van der Waals surface area contributed by atoms with E-state index in [1.165, 1.54) is 19.3 Å². The molecule has 0 spiro atoms. The molecule has 2 aliphatic carbocycles. The van der Waals surface area contributed by atoms with Crippen LogP contribution in [0, 0.1) is 11.8 Å². The number of rotatable bonds is 0. The molecule has 1 aliphatic heterocycles. The van der Waals surface area contributed by atoms with Gasteiger partial charge >= 0.3 is 0 Å². The Kier molecular flexibility index (Phi) is 1.25. The number of hydrogen-bond donors (Lipinski definition) is 0. The average Bonchev–Trinajstić information content (AvgIpc) is 2.54. The molecule has 3 rings (SSSR count). The number of hydrogen-bond acceptors (Lipinski definition) is 2. The van der Waals surface area contributed by atoms with Gasteiger partial charge in [-0.25, -0.2) is 0 Å². The van der Waals surface area contributed by atoms with Crippen molar-refractivity contribution in [3.8, 4) is 0 Å². The maximum absolute atomic E-state index is 5.88. The van der Waals surface area contributed by atoms with Gasteiger partial charge in [0.15, 0.2) is 5.79 Å². The summed E-state index contributed by atoms with van der Waals surface area (Å²) in [5.74, 6) is 1.31. The first-order valence-corrected chi connectivity index (χ1v) is 5.01. The molecule has 0 aromatic heterocycles. The quantitative estimate of drug-likeness (QED) is 0.550. The molecular weight excluding hydrogens is 152 g/mol. The molecule has 0 aromatic rings.